The lowest BCUT2D eigenvalue weighted by atomic mass is 10.0. The van der Waals surface area contributed by atoms with Gasteiger partial charge in [-0.1, -0.05) is 78.9 Å². The minimum atomic E-state index is -0.845. The largest absolute Gasteiger partial charge is 0.445 e. The molecular formula is C25H25FN2O3. The van der Waals surface area contributed by atoms with Crippen LogP contribution in [0, 0.1) is 5.82 Å². The topological polar surface area (TPSA) is 58.6 Å². The van der Waals surface area contributed by atoms with E-state index in [0.717, 1.165) is 11.1 Å². The molecule has 3 rings (SSSR count). The lowest BCUT2D eigenvalue weighted by Gasteiger charge is -2.25. The third kappa shape index (κ3) is 6.67. The molecule has 0 fully saturated rings. The minimum Gasteiger partial charge on any atom is -0.445 e. The van der Waals surface area contributed by atoms with Crippen molar-refractivity contribution in [2.45, 2.75) is 25.6 Å². The van der Waals surface area contributed by atoms with Crippen molar-refractivity contribution in [2.24, 2.45) is 0 Å². The van der Waals surface area contributed by atoms with E-state index in [0.29, 0.717) is 12.0 Å². The molecule has 3 aromatic rings. The first-order valence-electron chi connectivity index (χ1n) is 10.0. The van der Waals surface area contributed by atoms with Gasteiger partial charge in [-0.05, 0) is 17.2 Å². The van der Waals surface area contributed by atoms with Crippen molar-refractivity contribution >= 4 is 12.0 Å². The summed E-state index contributed by atoms with van der Waals surface area (Å²) in [6.07, 6.45) is -0.390. The third-order valence-electron chi connectivity index (χ3n) is 4.83. The first kappa shape index (κ1) is 22.0. The number of likely N-dealkylation sites (N-methyl/N-ethyl adjacent to an activating group) is 1. The highest BCUT2D eigenvalue weighted by molar-refractivity contribution is 5.85. The normalized spacial score (nSPS) is 11.4. The van der Waals surface area contributed by atoms with Crippen LogP contribution in [-0.2, 0) is 29.1 Å². The van der Waals surface area contributed by atoms with E-state index in [4.69, 9.17) is 4.74 Å². The average Bonchev–Trinajstić information content (AvgIpc) is 2.79. The standard InChI is InChI=1S/C25H25FN2O3/c1-28(17-21-14-8-9-15-22(21)26)24(29)23(16-19-10-4-2-5-11-19)27-25(30)31-18-20-12-6-3-7-13-20/h2-15,23H,16-18H2,1H3,(H,27,30). The summed E-state index contributed by atoms with van der Waals surface area (Å²) in [5.41, 5.74) is 2.15. The summed E-state index contributed by atoms with van der Waals surface area (Å²) in [6.45, 7) is 0.196. The number of nitrogens with zero attached hydrogens (tertiary/aromatic N) is 1. The Balaban J connectivity index is 1.68. The molecule has 0 heterocycles. The number of rotatable bonds is 8. The summed E-state index contributed by atoms with van der Waals surface area (Å²) in [7, 11) is 1.59. The van der Waals surface area contributed by atoms with E-state index in [1.54, 1.807) is 25.2 Å². The van der Waals surface area contributed by atoms with Crippen molar-refractivity contribution in [3.8, 4) is 0 Å². The number of hydrogen-bond donors (Lipinski definition) is 1. The lowest BCUT2D eigenvalue weighted by Crippen LogP contribution is -2.48. The number of nitrogens with one attached hydrogen (secondary N) is 1. The van der Waals surface area contributed by atoms with E-state index in [2.05, 4.69) is 5.32 Å². The molecule has 0 radical (unpaired) electrons. The van der Waals surface area contributed by atoms with Gasteiger partial charge in [0.1, 0.15) is 18.5 Å². The van der Waals surface area contributed by atoms with Crippen LogP contribution in [0.3, 0.4) is 0 Å². The van der Waals surface area contributed by atoms with Gasteiger partial charge >= 0.3 is 6.09 Å². The van der Waals surface area contributed by atoms with Crippen LogP contribution in [0.25, 0.3) is 0 Å². The molecule has 0 saturated heterocycles. The molecule has 1 N–H and O–H groups in total. The third-order valence-corrected chi connectivity index (χ3v) is 4.83. The van der Waals surface area contributed by atoms with Crippen molar-refractivity contribution in [1.82, 2.24) is 10.2 Å². The Morgan fingerprint density at radius 3 is 2.13 bits per heavy atom. The highest BCUT2D eigenvalue weighted by Gasteiger charge is 2.25. The maximum atomic E-state index is 14.0. The van der Waals surface area contributed by atoms with Gasteiger partial charge in [0.2, 0.25) is 5.91 Å². The number of carbonyl (C=O) groups is 2. The van der Waals surface area contributed by atoms with E-state index in [-0.39, 0.29) is 24.9 Å². The Kier molecular flexibility index (Phi) is 7.76. The molecule has 0 bridgehead atoms. The summed E-state index contributed by atoms with van der Waals surface area (Å²) in [5.74, 6) is -0.708. The number of amides is 2. The van der Waals surface area contributed by atoms with Crippen LogP contribution in [0.15, 0.2) is 84.9 Å². The Labute approximate surface area is 181 Å². The van der Waals surface area contributed by atoms with Crippen LogP contribution < -0.4 is 5.32 Å². The van der Waals surface area contributed by atoms with Gasteiger partial charge in [0.05, 0.1) is 0 Å². The predicted molar refractivity (Wildman–Crippen MR) is 117 cm³/mol. The minimum absolute atomic E-state index is 0.0948. The van der Waals surface area contributed by atoms with Gasteiger partial charge in [-0.2, -0.15) is 0 Å². The molecule has 160 valence electrons. The van der Waals surface area contributed by atoms with Gasteiger partial charge in [-0.15, -0.1) is 0 Å². The molecule has 1 atom stereocenters. The summed E-state index contributed by atoms with van der Waals surface area (Å²) < 4.78 is 19.3. The van der Waals surface area contributed by atoms with Crippen LogP contribution in [0.2, 0.25) is 0 Å². The second kappa shape index (κ2) is 10.9. The van der Waals surface area contributed by atoms with E-state index in [1.165, 1.54) is 11.0 Å². The number of ether oxygens (including phenoxy) is 1. The van der Waals surface area contributed by atoms with Gasteiger partial charge in [0.25, 0.3) is 0 Å². The van der Waals surface area contributed by atoms with Gasteiger partial charge in [0.15, 0.2) is 0 Å². The number of alkyl carbamates (subject to hydrolysis) is 1. The maximum absolute atomic E-state index is 14.0. The summed E-state index contributed by atoms with van der Waals surface area (Å²) in [6, 6.07) is 24.1. The van der Waals surface area contributed by atoms with E-state index >= 15 is 0 Å². The molecule has 0 aliphatic rings. The number of carbonyl (C=O) groups excluding carboxylic acids is 2. The molecule has 0 saturated carbocycles. The molecule has 0 aliphatic carbocycles. The molecule has 3 aromatic carbocycles. The van der Waals surface area contributed by atoms with Crippen molar-refractivity contribution < 1.29 is 18.7 Å². The molecule has 31 heavy (non-hydrogen) atoms. The molecule has 0 spiro atoms. The maximum Gasteiger partial charge on any atom is 0.408 e. The number of benzene rings is 3. The second-order valence-electron chi connectivity index (χ2n) is 7.23. The molecular weight excluding hydrogens is 395 g/mol. The summed E-state index contributed by atoms with van der Waals surface area (Å²) in [5, 5.41) is 2.67. The smallest absolute Gasteiger partial charge is 0.408 e. The van der Waals surface area contributed by atoms with Crippen molar-refractivity contribution in [2.75, 3.05) is 7.05 Å². The zero-order valence-corrected chi connectivity index (χ0v) is 17.3. The quantitative estimate of drug-likeness (QED) is 0.590. The van der Waals surface area contributed by atoms with Crippen LogP contribution in [0.4, 0.5) is 9.18 Å². The molecule has 6 heteroatoms. The fourth-order valence-corrected chi connectivity index (χ4v) is 3.18. The van der Waals surface area contributed by atoms with E-state index < -0.39 is 12.1 Å². The fourth-order valence-electron chi connectivity index (χ4n) is 3.18. The zero-order valence-electron chi connectivity index (χ0n) is 17.3. The lowest BCUT2D eigenvalue weighted by molar-refractivity contribution is -0.132. The molecule has 2 amide bonds. The first-order valence-corrected chi connectivity index (χ1v) is 10.0. The van der Waals surface area contributed by atoms with Crippen LogP contribution in [0.5, 0.6) is 0 Å². The Morgan fingerprint density at radius 1 is 0.903 bits per heavy atom. The van der Waals surface area contributed by atoms with Crippen molar-refractivity contribution in [3.05, 3.63) is 107 Å². The monoisotopic (exact) mass is 420 g/mol. The highest BCUT2D eigenvalue weighted by Crippen LogP contribution is 2.12. The van der Waals surface area contributed by atoms with Gasteiger partial charge in [0, 0.05) is 25.6 Å². The van der Waals surface area contributed by atoms with E-state index in [9.17, 15) is 14.0 Å². The zero-order chi connectivity index (χ0) is 22.1. The fraction of sp³-hybridized carbons (Fsp3) is 0.200. The first-order chi connectivity index (χ1) is 15.0. The predicted octanol–water partition coefficient (Wildman–Crippen LogP) is 4.32. The van der Waals surface area contributed by atoms with Gasteiger partial charge < -0.3 is 15.0 Å². The second-order valence-corrected chi connectivity index (χ2v) is 7.23. The SMILES string of the molecule is CN(Cc1ccccc1F)C(=O)C(Cc1ccccc1)NC(=O)OCc1ccccc1. The van der Waals surface area contributed by atoms with Crippen molar-refractivity contribution in [3.63, 3.8) is 0 Å². The Morgan fingerprint density at radius 2 is 1.48 bits per heavy atom. The van der Waals surface area contributed by atoms with Crippen LogP contribution in [-0.4, -0.2) is 30.0 Å². The highest BCUT2D eigenvalue weighted by atomic mass is 19.1. The van der Waals surface area contributed by atoms with Crippen LogP contribution in [0.1, 0.15) is 16.7 Å². The van der Waals surface area contributed by atoms with Crippen molar-refractivity contribution in [1.29, 1.82) is 0 Å². The number of halogens is 1. The van der Waals surface area contributed by atoms with Gasteiger partial charge in [-0.25, -0.2) is 9.18 Å². The Hall–Kier alpha value is -3.67. The average molecular weight is 420 g/mol. The summed E-state index contributed by atoms with van der Waals surface area (Å²) in [4.78, 5) is 26.9. The molecule has 1 unspecified atom stereocenters. The molecule has 5 nitrogen and oxygen atoms in total. The summed E-state index contributed by atoms with van der Waals surface area (Å²) >= 11 is 0. The number of hydrogen-bond acceptors (Lipinski definition) is 3. The van der Waals surface area contributed by atoms with Gasteiger partial charge in [-0.3, -0.25) is 4.79 Å². The molecule has 0 aliphatic heterocycles. The van der Waals surface area contributed by atoms with Crippen LogP contribution >= 0.6 is 0 Å². The molecule has 0 aromatic heterocycles. The van der Waals surface area contributed by atoms with E-state index in [1.807, 2.05) is 60.7 Å². The Bertz CT molecular complexity index is 996.